The summed E-state index contributed by atoms with van der Waals surface area (Å²) < 4.78 is 27.7. The van der Waals surface area contributed by atoms with Crippen LogP contribution in [-0.4, -0.2) is 32.4 Å². The highest BCUT2D eigenvalue weighted by molar-refractivity contribution is 7.92. The molecule has 0 aliphatic heterocycles. The van der Waals surface area contributed by atoms with Crippen LogP contribution in [-0.2, 0) is 14.6 Å². The third kappa shape index (κ3) is 4.26. The highest BCUT2D eigenvalue weighted by atomic mass is 32.2. The zero-order chi connectivity index (χ0) is 14.5. The van der Waals surface area contributed by atoms with Gasteiger partial charge in [0.15, 0.2) is 16.4 Å². The van der Waals surface area contributed by atoms with Crippen LogP contribution in [0.15, 0.2) is 24.3 Å². The molecule has 102 valence electrons. The number of nitrogens with zero attached hydrogens (tertiary/aromatic N) is 1. The first-order chi connectivity index (χ1) is 8.86. The number of sulfone groups is 1. The molecular formula is C12H14N2O4S. The molecule has 0 heterocycles. The molecule has 0 radical (unpaired) electrons. The van der Waals surface area contributed by atoms with E-state index in [0.29, 0.717) is 11.4 Å². The molecule has 0 bridgehead atoms. The monoisotopic (exact) mass is 282 g/mol. The summed E-state index contributed by atoms with van der Waals surface area (Å²) in [6.07, 6.45) is 0.995. The van der Waals surface area contributed by atoms with E-state index in [1.54, 1.807) is 24.3 Å². The summed E-state index contributed by atoms with van der Waals surface area (Å²) in [5.74, 6) is -0.325. The number of rotatable bonds is 5. The lowest BCUT2D eigenvalue weighted by Crippen LogP contribution is -2.31. The van der Waals surface area contributed by atoms with Crippen LogP contribution in [0.5, 0.6) is 5.75 Å². The number of ether oxygens (including phenoxy) is 1. The minimum absolute atomic E-state index is 0.158. The summed E-state index contributed by atoms with van der Waals surface area (Å²) in [7, 11) is -3.46. The Kier molecular flexibility index (Phi) is 4.89. The number of carbonyl (C=O) groups is 1. The maximum Gasteiger partial charge on any atom is 0.242 e. The third-order valence-electron chi connectivity index (χ3n) is 2.45. The Morgan fingerprint density at radius 1 is 1.47 bits per heavy atom. The van der Waals surface area contributed by atoms with E-state index in [-0.39, 0.29) is 6.61 Å². The van der Waals surface area contributed by atoms with Gasteiger partial charge in [0.05, 0.1) is 5.69 Å². The molecule has 0 fully saturated rings. The Hall–Kier alpha value is -2.07. The molecule has 0 spiro atoms. The quantitative estimate of drug-likeness (QED) is 0.867. The molecule has 19 heavy (non-hydrogen) atoms. The van der Waals surface area contributed by atoms with Crippen LogP contribution in [0.1, 0.15) is 6.92 Å². The van der Waals surface area contributed by atoms with Crippen LogP contribution in [0, 0.1) is 11.3 Å². The van der Waals surface area contributed by atoms with E-state index in [0.717, 1.165) is 6.26 Å². The van der Waals surface area contributed by atoms with Gasteiger partial charge in [-0.05, 0) is 19.1 Å². The molecule has 1 aromatic rings. The normalized spacial score (nSPS) is 12.3. The molecule has 1 unspecified atom stereocenters. The number of anilines is 1. The summed E-state index contributed by atoms with van der Waals surface area (Å²) in [6.45, 7) is 1.15. The molecule has 1 N–H and O–H groups in total. The fraction of sp³-hybridized carbons (Fsp3) is 0.333. The SMILES string of the molecule is CC(C(=O)Nc1ccccc1OCC#N)S(C)(=O)=O. The first-order valence-corrected chi connectivity index (χ1v) is 7.40. The van der Waals surface area contributed by atoms with Crippen molar-refractivity contribution < 1.29 is 17.9 Å². The van der Waals surface area contributed by atoms with Gasteiger partial charge < -0.3 is 10.1 Å². The average molecular weight is 282 g/mol. The van der Waals surface area contributed by atoms with Gasteiger partial charge in [-0.2, -0.15) is 5.26 Å². The molecule has 0 saturated carbocycles. The van der Waals surface area contributed by atoms with Crippen LogP contribution >= 0.6 is 0 Å². The van der Waals surface area contributed by atoms with Crippen LogP contribution in [0.25, 0.3) is 0 Å². The summed E-state index contributed by atoms with van der Waals surface area (Å²) in [6, 6.07) is 8.31. The second kappa shape index (κ2) is 6.20. The van der Waals surface area contributed by atoms with Crippen molar-refractivity contribution in [2.75, 3.05) is 18.2 Å². The van der Waals surface area contributed by atoms with Gasteiger partial charge in [0.25, 0.3) is 0 Å². The molecule has 1 aromatic carbocycles. The number of hydrogen-bond acceptors (Lipinski definition) is 5. The minimum Gasteiger partial charge on any atom is -0.477 e. The van der Waals surface area contributed by atoms with E-state index in [1.807, 2.05) is 6.07 Å². The van der Waals surface area contributed by atoms with Crippen molar-refractivity contribution in [3.05, 3.63) is 24.3 Å². The highest BCUT2D eigenvalue weighted by Gasteiger charge is 2.24. The molecule has 1 atom stereocenters. The van der Waals surface area contributed by atoms with Crippen LogP contribution in [0.4, 0.5) is 5.69 Å². The molecule has 0 saturated heterocycles. The lowest BCUT2D eigenvalue weighted by molar-refractivity contribution is -0.115. The van der Waals surface area contributed by atoms with Gasteiger partial charge in [-0.1, -0.05) is 12.1 Å². The fourth-order valence-corrected chi connectivity index (χ4v) is 1.68. The number of para-hydroxylation sites is 2. The minimum atomic E-state index is -3.46. The number of hydrogen-bond donors (Lipinski definition) is 1. The topological polar surface area (TPSA) is 96.3 Å². The lowest BCUT2D eigenvalue weighted by atomic mass is 10.3. The van der Waals surface area contributed by atoms with Gasteiger partial charge in [0.2, 0.25) is 5.91 Å². The highest BCUT2D eigenvalue weighted by Crippen LogP contribution is 2.24. The van der Waals surface area contributed by atoms with Crippen molar-refractivity contribution in [1.82, 2.24) is 0 Å². The van der Waals surface area contributed by atoms with Crippen molar-refractivity contribution in [2.45, 2.75) is 12.2 Å². The van der Waals surface area contributed by atoms with E-state index in [4.69, 9.17) is 10.00 Å². The summed E-state index contributed by atoms with van der Waals surface area (Å²) in [4.78, 5) is 11.8. The Labute approximate surface area is 111 Å². The zero-order valence-electron chi connectivity index (χ0n) is 10.6. The Bertz CT molecular complexity index is 604. The predicted octanol–water partition coefficient (Wildman–Crippen LogP) is 0.961. The van der Waals surface area contributed by atoms with E-state index in [1.165, 1.54) is 6.92 Å². The smallest absolute Gasteiger partial charge is 0.242 e. The summed E-state index contributed by atoms with van der Waals surface area (Å²) >= 11 is 0. The van der Waals surface area contributed by atoms with Gasteiger partial charge in [-0.15, -0.1) is 0 Å². The van der Waals surface area contributed by atoms with Crippen molar-refractivity contribution >= 4 is 21.4 Å². The largest absolute Gasteiger partial charge is 0.477 e. The summed E-state index contributed by atoms with van der Waals surface area (Å²) in [5.41, 5.74) is 0.332. The molecular weight excluding hydrogens is 268 g/mol. The van der Waals surface area contributed by atoms with Gasteiger partial charge in [0, 0.05) is 6.26 Å². The predicted molar refractivity (Wildman–Crippen MR) is 70.5 cm³/mol. The molecule has 0 aromatic heterocycles. The molecule has 1 rings (SSSR count). The van der Waals surface area contributed by atoms with Crippen LogP contribution < -0.4 is 10.1 Å². The molecule has 0 aliphatic rings. The van der Waals surface area contributed by atoms with Crippen LogP contribution in [0.2, 0.25) is 0 Å². The lowest BCUT2D eigenvalue weighted by Gasteiger charge is -2.13. The Morgan fingerprint density at radius 3 is 2.68 bits per heavy atom. The van der Waals surface area contributed by atoms with E-state index in [9.17, 15) is 13.2 Å². The standard InChI is InChI=1S/C12H14N2O4S/c1-9(19(2,16)17)12(15)14-10-5-3-4-6-11(10)18-8-7-13/h3-6,9H,8H2,1-2H3,(H,14,15). The first kappa shape index (κ1) is 15.0. The van der Waals surface area contributed by atoms with E-state index < -0.39 is 21.0 Å². The van der Waals surface area contributed by atoms with Gasteiger partial charge >= 0.3 is 0 Å². The van der Waals surface area contributed by atoms with Crippen LogP contribution in [0.3, 0.4) is 0 Å². The third-order valence-corrected chi connectivity index (χ3v) is 3.95. The maximum atomic E-state index is 11.8. The fourth-order valence-electron chi connectivity index (χ4n) is 1.23. The molecule has 7 heteroatoms. The molecule has 1 amide bonds. The van der Waals surface area contributed by atoms with Crippen molar-refractivity contribution in [1.29, 1.82) is 5.26 Å². The van der Waals surface area contributed by atoms with E-state index in [2.05, 4.69) is 5.32 Å². The molecule has 6 nitrogen and oxygen atoms in total. The van der Waals surface area contributed by atoms with Gasteiger partial charge in [0.1, 0.15) is 17.1 Å². The maximum absolute atomic E-state index is 11.8. The second-order valence-electron chi connectivity index (χ2n) is 3.90. The Morgan fingerprint density at radius 2 is 2.11 bits per heavy atom. The average Bonchev–Trinajstić information content (AvgIpc) is 2.35. The number of amides is 1. The van der Waals surface area contributed by atoms with E-state index >= 15 is 0 Å². The number of nitrogens with one attached hydrogen (secondary N) is 1. The first-order valence-electron chi connectivity index (χ1n) is 5.44. The number of carbonyl (C=O) groups excluding carboxylic acids is 1. The van der Waals surface area contributed by atoms with Crippen molar-refractivity contribution in [3.8, 4) is 11.8 Å². The van der Waals surface area contributed by atoms with Crippen molar-refractivity contribution in [3.63, 3.8) is 0 Å². The van der Waals surface area contributed by atoms with Gasteiger partial charge in [-0.3, -0.25) is 4.79 Å². The Balaban J connectivity index is 2.88. The number of benzene rings is 1. The summed E-state index contributed by atoms with van der Waals surface area (Å²) in [5, 5.41) is 9.77. The van der Waals surface area contributed by atoms with Gasteiger partial charge in [-0.25, -0.2) is 8.42 Å². The number of nitriles is 1. The molecule has 0 aliphatic carbocycles. The second-order valence-corrected chi connectivity index (χ2v) is 6.27. The van der Waals surface area contributed by atoms with Crippen molar-refractivity contribution in [2.24, 2.45) is 0 Å². The zero-order valence-corrected chi connectivity index (χ0v) is 11.4.